The van der Waals surface area contributed by atoms with Crippen LogP contribution in [0.5, 0.6) is 0 Å². The molecule has 0 radical (unpaired) electrons. The predicted molar refractivity (Wildman–Crippen MR) is 121 cm³/mol. The zero-order valence-electron chi connectivity index (χ0n) is 15.6. The van der Waals surface area contributed by atoms with Crippen molar-refractivity contribution in [2.75, 3.05) is 0 Å². The molecular weight excluding hydrogens is 416 g/mol. The summed E-state index contributed by atoms with van der Waals surface area (Å²) in [6, 6.07) is 38.5. The van der Waals surface area contributed by atoms with Crippen molar-refractivity contribution < 1.29 is 24.2 Å². The largest absolute Gasteiger partial charge is 0.126 e. The Morgan fingerprint density at radius 3 is 0.857 bits per heavy atom. The molecule has 0 spiro atoms. The SMILES string of the molecule is [CH2]=[Zr+2].c1ccc2c(c1)[cH-]c1ccccc12.c1ccc2c(c1)[cH-]c1ccccc12. The van der Waals surface area contributed by atoms with Gasteiger partial charge in [-0.25, -0.2) is 0 Å². The van der Waals surface area contributed by atoms with E-state index in [1.165, 1.54) is 67.3 Å². The Balaban J connectivity index is 0.000000126. The van der Waals surface area contributed by atoms with E-state index in [4.69, 9.17) is 0 Å². The van der Waals surface area contributed by atoms with Gasteiger partial charge in [0.1, 0.15) is 0 Å². The minimum Gasteiger partial charge on any atom is -0.126 e. The molecule has 0 amide bonds. The van der Waals surface area contributed by atoms with E-state index in [2.05, 4.69) is 113 Å². The van der Waals surface area contributed by atoms with Crippen LogP contribution in [0.3, 0.4) is 0 Å². The summed E-state index contributed by atoms with van der Waals surface area (Å²) >= 11 is 1.30. The van der Waals surface area contributed by atoms with E-state index in [-0.39, 0.29) is 0 Å². The fraction of sp³-hybridized carbons (Fsp3) is 0. The summed E-state index contributed by atoms with van der Waals surface area (Å²) in [5, 5.41) is 10.8. The van der Waals surface area contributed by atoms with E-state index < -0.39 is 0 Å². The quantitative estimate of drug-likeness (QED) is 0.218. The number of fused-ring (bicyclic) bond motifs is 6. The standard InChI is InChI=1S/2C13H9.CH2.Zr/c2*1-3-7-12-10(5-1)9-11-6-2-4-8-13(11)12;;/h2*1-9H;1H2;/q2*-1;;+2. The van der Waals surface area contributed by atoms with Crippen LogP contribution in [0.25, 0.3) is 43.1 Å². The monoisotopic (exact) mass is 434 g/mol. The molecule has 0 aliphatic heterocycles. The van der Waals surface area contributed by atoms with Crippen LogP contribution < -0.4 is 0 Å². The van der Waals surface area contributed by atoms with Gasteiger partial charge in [-0.1, -0.05) is 72.8 Å². The molecule has 0 fully saturated rings. The number of hydrogen-bond acceptors (Lipinski definition) is 0. The average Bonchev–Trinajstić information content (AvgIpc) is 3.34. The first-order chi connectivity index (χ1) is 13.9. The van der Waals surface area contributed by atoms with Crippen molar-refractivity contribution in [2.45, 2.75) is 0 Å². The first-order valence-electron chi connectivity index (χ1n) is 9.32. The summed E-state index contributed by atoms with van der Waals surface area (Å²) in [7, 11) is 0. The van der Waals surface area contributed by atoms with Gasteiger partial charge in [0.05, 0.1) is 0 Å². The van der Waals surface area contributed by atoms with Crippen molar-refractivity contribution >= 4 is 47.3 Å². The first kappa shape index (κ1) is 18.7. The Bertz CT molecular complexity index is 1140. The van der Waals surface area contributed by atoms with Crippen molar-refractivity contribution in [1.82, 2.24) is 0 Å². The number of rotatable bonds is 0. The van der Waals surface area contributed by atoms with E-state index in [1.807, 2.05) is 0 Å². The molecule has 0 nitrogen and oxygen atoms in total. The Morgan fingerprint density at radius 2 is 0.607 bits per heavy atom. The van der Waals surface area contributed by atoms with Crippen molar-refractivity contribution in [1.29, 1.82) is 0 Å². The van der Waals surface area contributed by atoms with Gasteiger partial charge in [-0.2, -0.15) is 0 Å². The Hall–Kier alpha value is -2.63. The van der Waals surface area contributed by atoms with Crippen LogP contribution in [0.1, 0.15) is 0 Å². The molecule has 0 heterocycles. The summed E-state index contributed by atoms with van der Waals surface area (Å²) in [5.74, 6) is 0. The molecule has 1 heteroatoms. The van der Waals surface area contributed by atoms with Gasteiger partial charge in [0, 0.05) is 0 Å². The second-order valence-electron chi connectivity index (χ2n) is 6.64. The molecule has 0 atom stereocenters. The molecule has 6 rings (SSSR count). The van der Waals surface area contributed by atoms with E-state index in [1.54, 1.807) is 0 Å². The molecule has 0 saturated carbocycles. The molecule has 0 N–H and O–H groups in total. The van der Waals surface area contributed by atoms with Gasteiger partial charge in [-0.3, -0.25) is 0 Å². The van der Waals surface area contributed by atoms with Gasteiger partial charge in [-0.15, -0.1) is 79.5 Å². The minimum absolute atomic E-state index is 1.30. The molecule has 0 aromatic heterocycles. The molecule has 132 valence electrons. The fourth-order valence-electron chi connectivity index (χ4n) is 3.81. The molecule has 0 bridgehead atoms. The smallest absolute Gasteiger partial charge is 0.0771 e. The average molecular weight is 436 g/mol. The Labute approximate surface area is 180 Å². The van der Waals surface area contributed by atoms with Crippen LogP contribution in [-0.4, -0.2) is 4.21 Å². The maximum absolute atomic E-state index is 3.34. The topological polar surface area (TPSA) is 0 Å². The van der Waals surface area contributed by atoms with Crippen LogP contribution in [0, 0.1) is 0 Å². The maximum atomic E-state index is 3.34. The predicted octanol–water partition coefficient (Wildman–Crippen LogP) is 7.39. The summed E-state index contributed by atoms with van der Waals surface area (Å²) in [5.41, 5.74) is 0. The second kappa shape index (κ2) is 8.59. The van der Waals surface area contributed by atoms with E-state index in [0.717, 1.165) is 0 Å². The summed E-state index contributed by atoms with van der Waals surface area (Å²) in [6.07, 6.45) is 0. The molecule has 28 heavy (non-hydrogen) atoms. The maximum Gasteiger partial charge on any atom is -0.0771 e. The summed E-state index contributed by atoms with van der Waals surface area (Å²) in [6.45, 7) is 0. The van der Waals surface area contributed by atoms with Gasteiger partial charge < -0.3 is 0 Å². The Kier molecular flexibility index (Phi) is 5.74. The van der Waals surface area contributed by atoms with Crippen LogP contribution >= 0.6 is 0 Å². The zero-order chi connectivity index (χ0) is 19.3. The fourth-order valence-corrected chi connectivity index (χ4v) is 3.81. The van der Waals surface area contributed by atoms with Gasteiger partial charge >= 0.3 is 28.4 Å². The normalized spacial score (nSPS) is 10.5. The van der Waals surface area contributed by atoms with Crippen molar-refractivity contribution in [3.63, 3.8) is 0 Å². The molecule has 0 aliphatic carbocycles. The second-order valence-corrected chi connectivity index (χ2v) is 6.64. The van der Waals surface area contributed by atoms with Crippen LogP contribution in [0.4, 0.5) is 0 Å². The molecule has 6 aromatic rings. The van der Waals surface area contributed by atoms with Gasteiger partial charge in [0.25, 0.3) is 0 Å². The van der Waals surface area contributed by atoms with E-state index >= 15 is 0 Å². The summed E-state index contributed by atoms with van der Waals surface area (Å²) < 4.78 is 3.34. The van der Waals surface area contributed by atoms with Crippen LogP contribution in [0.15, 0.2) is 109 Å². The van der Waals surface area contributed by atoms with Crippen molar-refractivity contribution in [2.24, 2.45) is 0 Å². The van der Waals surface area contributed by atoms with E-state index in [9.17, 15) is 0 Å². The van der Waals surface area contributed by atoms with Gasteiger partial charge in [-0.05, 0) is 0 Å². The minimum atomic E-state index is 1.30. The number of hydrogen-bond donors (Lipinski definition) is 0. The van der Waals surface area contributed by atoms with Crippen LogP contribution in [-0.2, 0) is 24.2 Å². The molecule has 0 aliphatic rings. The van der Waals surface area contributed by atoms with E-state index in [0.29, 0.717) is 0 Å². The third-order valence-corrected chi connectivity index (χ3v) is 5.05. The van der Waals surface area contributed by atoms with Crippen molar-refractivity contribution in [3.05, 3.63) is 109 Å². The molecule has 0 saturated heterocycles. The zero-order valence-corrected chi connectivity index (χ0v) is 18.1. The van der Waals surface area contributed by atoms with Gasteiger partial charge in [0.15, 0.2) is 0 Å². The summed E-state index contributed by atoms with van der Waals surface area (Å²) in [4.78, 5) is 0. The van der Waals surface area contributed by atoms with Crippen LogP contribution in [0.2, 0.25) is 0 Å². The molecule has 6 aromatic carbocycles. The number of benzene rings is 4. The Morgan fingerprint density at radius 1 is 0.393 bits per heavy atom. The first-order valence-corrected chi connectivity index (χ1v) is 11.1. The third-order valence-electron chi connectivity index (χ3n) is 5.05. The molecule has 0 unspecified atom stereocenters. The van der Waals surface area contributed by atoms with Crippen molar-refractivity contribution in [3.8, 4) is 0 Å². The third kappa shape index (κ3) is 3.55. The molecular formula is C27H20Zr. The van der Waals surface area contributed by atoms with Gasteiger partial charge in [0.2, 0.25) is 0 Å².